The number of hydrogen-bond donors (Lipinski definition) is 0. The van der Waals surface area contributed by atoms with Gasteiger partial charge in [0.1, 0.15) is 0 Å². The lowest BCUT2D eigenvalue weighted by molar-refractivity contribution is 1.07. The fourth-order valence-corrected chi connectivity index (χ4v) is 9.90. The molecule has 5 heteroatoms. The van der Waals surface area contributed by atoms with Gasteiger partial charge in [-0.05, 0) is 63.3 Å². The van der Waals surface area contributed by atoms with Crippen LogP contribution < -0.4 is 0 Å². The van der Waals surface area contributed by atoms with E-state index in [2.05, 4.69) is 150 Å². The van der Waals surface area contributed by atoms with Crippen molar-refractivity contribution in [2.24, 2.45) is 0 Å². The molecule has 0 N–H and O–H groups in total. The van der Waals surface area contributed by atoms with Gasteiger partial charge in [0.15, 0.2) is 17.5 Å². The number of aromatic nitrogens is 4. The number of hydrogen-bond acceptors (Lipinski definition) is 4. The molecule has 0 fully saturated rings. The molecule has 3 heterocycles. The van der Waals surface area contributed by atoms with Crippen molar-refractivity contribution < 1.29 is 0 Å². The molecule has 12 aromatic rings. The van der Waals surface area contributed by atoms with Gasteiger partial charge in [-0.25, -0.2) is 15.0 Å². The normalized spacial score (nSPS) is 11.9. The summed E-state index contributed by atoms with van der Waals surface area (Å²) in [5, 5.41) is 12.3. The average molecular weight is 731 g/mol. The molecule has 0 aliphatic rings. The van der Waals surface area contributed by atoms with E-state index in [-0.39, 0.29) is 0 Å². The molecule has 0 bridgehead atoms. The molecule has 0 unspecified atom stereocenters. The first-order chi connectivity index (χ1) is 27.8. The summed E-state index contributed by atoms with van der Waals surface area (Å²) in [6.45, 7) is 0. The van der Waals surface area contributed by atoms with Gasteiger partial charge in [-0.1, -0.05) is 146 Å². The molecule has 260 valence electrons. The van der Waals surface area contributed by atoms with Crippen molar-refractivity contribution >= 4 is 85.6 Å². The molecule has 0 aliphatic heterocycles. The van der Waals surface area contributed by atoms with E-state index in [0.29, 0.717) is 17.5 Å². The van der Waals surface area contributed by atoms with E-state index in [9.17, 15) is 0 Å². The highest BCUT2D eigenvalue weighted by Gasteiger charge is 2.23. The fraction of sp³-hybridized carbons (Fsp3) is 0. The van der Waals surface area contributed by atoms with Crippen molar-refractivity contribution in [2.45, 2.75) is 0 Å². The zero-order valence-electron chi connectivity index (χ0n) is 30.0. The third-order valence-corrected chi connectivity index (χ3v) is 12.3. The topological polar surface area (TPSA) is 43.6 Å². The van der Waals surface area contributed by atoms with E-state index in [4.69, 9.17) is 15.0 Å². The second-order valence-electron chi connectivity index (χ2n) is 14.3. The monoisotopic (exact) mass is 730 g/mol. The highest BCUT2D eigenvalue weighted by Crippen LogP contribution is 2.46. The van der Waals surface area contributed by atoms with E-state index in [1.165, 1.54) is 63.4 Å². The van der Waals surface area contributed by atoms with E-state index in [1.54, 1.807) is 0 Å². The molecule has 12 rings (SSSR count). The SMILES string of the molecule is c1ccc(-c2nc(-c3ccccc3)nc(-c3cc(-n4c5ccccc5c5c6c(ccc54)sc4ccccc46)c4c5ccccc5c5ccccc5c4c3)n2)cc1. The molecule has 0 saturated heterocycles. The quantitative estimate of drug-likeness (QED) is 0.169. The minimum absolute atomic E-state index is 0.630. The van der Waals surface area contributed by atoms with Crippen molar-refractivity contribution in [3.63, 3.8) is 0 Å². The van der Waals surface area contributed by atoms with Crippen LogP contribution in [0.3, 0.4) is 0 Å². The van der Waals surface area contributed by atoms with Crippen LogP contribution in [-0.4, -0.2) is 19.5 Å². The lowest BCUT2D eigenvalue weighted by Gasteiger charge is -2.18. The minimum atomic E-state index is 0.630. The third kappa shape index (κ3) is 4.62. The summed E-state index contributed by atoms with van der Waals surface area (Å²) < 4.78 is 5.08. The maximum atomic E-state index is 5.23. The minimum Gasteiger partial charge on any atom is -0.309 e. The molecule has 9 aromatic carbocycles. The lowest BCUT2D eigenvalue weighted by atomic mass is 9.91. The van der Waals surface area contributed by atoms with Gasteiger partial charge >= 0.3 is 0 Å². The Morgan fingerprint density at radius 2 is 0.839 bits per heavy atom. The number of thiophene rings is 1. The van der Waals surface area contributed by atoms with Crippen LogP contribution in [-0.2, 0) is 0 Å². The maximum Gasteiger partial charge on any atom is 0.164 e. The molecule has 0 atom stereocenters. The van der Waals surface area contributed by atoms with Crippen molar-refractivity contribution in [3.8, 4) is 39.9 Å². The number of para-hydroxylation sites is 1. The summed E-state index contributed by atoms with van der Waals surface area (Å²) in [5.74, 6) is 1.91. The van der Waals surface area contributed by atoms with Crippen molar-refractivity contribution in [1.29, 1.82) is 0 Å². The van der Waals surface area contributed by atoms with Crippen LogP contribution in [0.25, 0.3) is 114 Å². The van der Waals surface area contributed by atoms with Gasteiger partial charge < -0.3 is 4.57 Å². The Kier molecular flexibility index (Phi) is 6.76. The summed E-state index contributed by atoms with van der Waals surface area (Å²) in [6, 6.07) is 64.9. The summed E-state index contributed by atoms with van der Waals surface area (Å²) in [4.78, 5) is 15.5. The van der Waals surface area contributed by atoms with Gasteiger partial charge in [0.25, 0.3) is 0 Å². The van der Waals surface area contributed by atoms with Crippen LogP contribution in [0.15, 0.2) is 182 Å². The zero-order chi connectivity index (χ0) is 36.7. The zero-order valence-corrected chi connectivity index (χ0v) is 30.8. The Morgan fingerprint density at radius 1 is 0.321 bits per heavy atom. The van der Waals surface area contributed by atoms with Crippen molar-refractivity contribution in [3.05, 3.63) is 182 Å². The number of rotatable bonds is 4. The van der Waals surface area contributed by atoms with Crippen molar-refractivity contribution in [2.75, 3.05) is 0 Å². The second kappa shape index (κ2) is 12.2. The van der Waals surface area contributed by atoms with Crippen LogP contribution in [0, 0.1) is 0 Å². The molecule has 0 spiro atoms. The van der Waals surface area contributed by atoms with E-state index < -0.39 is 0 Å². The summed E-state index contributed by atoms with van der Waals surface area (Å²) in [7, 11) is 0. The van der Waals surface area contributed by atoms with E-state index in [1.807, 2.05) is 47.7 Å². The third-order valence-electron chi connectivity index (χ3n) is 11.2. The van der Waals surface area contributed by atoms with Crippen molar-refractivity contribution in [1.82, 2.24) is 19.5 Å². The molecular formula is C51H30N4S. The summed E-state index contributed by atoms with van der Waals surface area (Å²) in [5.41, 5.74) is 6.24. The Labute approximate surface area is 325 Å². The van der Waals surface area contributed by atoms with E-state index >= 15 is 0 Å². The molecular weight excluding hydrogens is 701 g/mol. The molecule has 4 nitrogen and oxygen atoms in total. The smallest absolute Gasteiger partial charge is 0.164 e. The summed E-state index contributed by atoms with van der Waals surface area (Å²) in [6.07, 6.45) is 0. The fourth-order valence-electron chi connectivity index (χ4n) is 8.79. The molecule has 0 radical (unpaired) electrons. The molecule has 0 amide bonds. The first-order valence-corrected chi connectivity index (χ1v) is 19.7. The van der Waals surface area contributed by atoms with Gasteiger partial charge in [0.05, 0.1) is 16.7 Å². The largest absolute Gasteiger partial charge is 0.309 e. The Bertz CT molecular complexity index is 3470. The molecule has 0 saturated carbocycles. The molecule has 3 aromatic heterocycles. The molecule has 0 aliphatic carbocycles. The van der Waals surface area contributed by atoms with Crippen LogP contribution in [0.1, 0.15) is 0 Å². The standard InChI is InChI=1S/C51H30N4S/c1-3-15-31(16-4-1)49-52-50(32-17-5-2-6-18-32)54-51(53-49)33-29-40-36-21-8-7-19-34(36)35-20-9-10-22-37(35)46(40)43(30-33)55-41-25-13-11-23-38(41)47-42(55)27-28-45-48(47)39-24-12-14-26-44(39)56-45/h1-30H. The van der Waals surface area contributed by atoms with Gasteiger partial charge in [0, 0.05) is 53.0 Å². The van der Waals surface area contributed by atoms with Gasteiger partial charge in [-0.15, -0.1) is 11.3 Å². The van der Waals surface area contributed by atoms with Crippen LogP contribution in [0.5, 0.6) is 0 Å². The second-order valence-corrected chi connectivity index (χ2v) is 15.4. The van der Waals surface area contributed by atoms with Gasteiger partial charge in [-0.2, -0.15) is 0 Å². The Hall–Kier alpha value is -7.21. The van der Waals surface area contributed by atoms with Crippen LogP contribution in [0.2, 0.25) is 0 Å². The highest BCUT2D eigenvalue weighted by molar-refractivity contribution is 7.26. The highest BCUT2D eigenvalue weighted by atomic mass is 32.1. The maximum absolute atomic E-state index is 5.23. The number of nitrogens with zero attached hydrogens (tertiary/aromatic N) is 4. The predicted molar refractivity (Wildman–Crippen MR) is 236 cm³/mol. The average Bonchev–Trinajstić information content (AvgIpc) is 3.82. The molecule has 56 heavy (non-hydrogen) atoms. The van der Waals surface area contributed by atoms with Gasteiger partial charge in [-0.3, -0.25) is 0 Å². The Morgan fingerprint density at radius 3 is 1.52 bits per heavy atom. The van der Waals surface area contributed by atoms with E-state index in [0.717, 1.165) is 33.3 Å². The lowest BCUT2D eigenvalue weighted by Crippen LogP contribution is -2.02. The number of benzene rings is 9. The summed E-state index contributed by atoms with van der Waals surface area (Å²) >= 11 is 1.86. The Balaban J connectivity index is 1.26. The predicted octanol–water partition coefficient (Wildman–Crippen LogP) is 13.8. The van der Waals surface area contributed by atoms with Crippen LogP contribution in [0.4, 0.5) is 0 Å². The van der Waals surface area contributed by atoms with Gasteiger partial charge in [0.2, 0.25) is 0 Å². The number of fused-ring (bicyclic) bond motifs is 13. The van der Waals surface area contributed by atoms with Crippen LogP contribution >= 0.6 is 11.3 Å². The first kappa shape index (κ1) is 31.2. The first-order valence-electron chi connectivity index (χ1n) is 18.9.